The second-order valence-corrected chi connectivity index (χ2v) is 7.53. The molecule has 3 atom stereocenters. The molecule has 0 aliphatic carbocycles. The highest BCUT2D eigenvalue weighted by Crippen LogP contribution is 2.45. The van der Waals surface area contributed by atoms with E-state index in [1.165, 1.54) is 0 Å². The number of ether oxygens (including phenoxy) is 1. The lowest BCUT2D eigenvalue weighted by molar-refractivity contribution is -0.0613. The molecule has 3 heterocycles. The number of benzene rings is 1. The first kappa shape index (κ1) is 17.3. The fraction of sp³-hybridized carbons (Fsp3) is 0.476. The molecule has 1 aromatic carbocycles. The summed E-state index contributed by atoms with van der Waals surface area (Å²) in [6.45, 7) is 0.907. The van der Waals surface area contributed by atoms with E-state index in [4.69, 9.17) is 4.74 Å². The van der Waals surface area contributed by atoms with Crippen LogP contribution in [0.15, 0.2) is 42.7 Å². The van der Waals surface area contributed by atoms with Gasteiger partial charge in [-0.25, -0.2) is 4.98 Å². The minimum Gasteiger partial charge on any atom is -0.496 e. The average Bonchev–Trinajstić information content (AvgIpc) is 3.18. The number of nitrogens with zero attached hydrogens (tertiary/aromatic N) is 3. The number of hydrogen-bond donors (Lipinski definition) is 1. The van der Waals surface area contributed by atoms with Crippen LogP contribution in [0, 0.1) is 0 Å². The monoisotopic (exact) mass is 353 g/mol. The molecule has 2 aromatic rings. The molecule has 2 fully saturated rings. The molecule has 2 aliphatic rings. The molecule has 1 N–H and O–H groups in total. The first-order valence-electron chi connectivity index (χ1n) is 9.36. The van der Waals surface area contributed by atoms with Gasteiger partial charge < -0.3 is 14.4 Å². The number of piperidine rings is 1. The van der Waals surface area contributed by atoms with Crippen molar-refractivity contribution in [2.24, 2.45) is 7.05 Å². The van der Waals surface area contributed by atoms with Crippen molar-refractivity contribution in [3.8, 4) is 5.75 Å². The summed E-state index contributed by atoms with van der Waals surface area (Å²) in [5, 5.41) is 11.2. The third kappa shape index (κ3) is 3.06. The maximum Gasteiger partial charge on any atom is 0.140 e. The van der Waals surface area contributed by atoms with Crippen LogP contribution in [0.3, 0.4) is 0 Å². The molecular formula is C21H27N3O2. The van der Waals surface area contributed by atoms with Crippen molar-refractivity contribution in [1.29, 1.82) is 0 Å². The zero-order valence-corrected chi connectivity index (χ0v) is 15.5. The minimum absolute atomic E-state index is 0.415. The Labute approximate surface area is 154 Å². The van der Waals surface area contributed by atoms with E-state index in [1.807, 2.05) is 36.0 Å². The Balaban J connectivity index is 1.46. The summed E-state index contributed by atoms with van der Waals surface area (Å²) in [5.74, 6) is 1.70. The Hall–Kier alpha value is -2.11. The summed E-state index contributed by atoms with van der Waals surface area (Å²) < 4.78 is 7.37. The molecule has 2 saturated heterocycles. The normalized spacial score (nSPS) is 28.7. The number of aliphatic hydroxyl groups is 1. The highest BCUT2D eigenvalue weighted by atomic mass is 16.5. The molecule has 0 spiro atoms. The molecule has 2 aliphatic heterocycles. The van der Waals surface area contributed by atoms with E-state index in [9.17, 15) is 5.11 Å². The molecule has 1 aromatic heterocycles. The average molecular weight is 353 g/mol. The molecule has 26 heavy (non-hydrogen) atoms. The number of rotatable bonds is 5. The van der Waals surface area contributed by atoms with Gasteiger partial charge in [-0.3, -0.25) is 4.90 Å². The van der Waals surface area contributed by atoms with Gasteiger partial charge in [-0.2, -0.15) is 0 Å². The van der Waals surface area contributed by atoms with Crippen molar-refractivity contribution >= 4 is 6.08 Å². The zero-order valence-electron chi connectivity index (χ0n) is 15.5. The lowest BCUT2D eigenvalue weighted by atomic mass is 9.85. The quantitative estimate of drug-likeness (QED) is 0.898. The second kappa shape index (κ2) is 6.89. The first-order valence-corrected chi connectivity index (χ1v) is 9.36. The lowest BCUT2D eigenvalue weighted by Crippen LogP contribution is -2.50. The van der Waals surface area contributed by atoms with Crippen molar-refractivity contribution in [3.05, 3.63) is 54.1 Å². The third-order valence-corrected chi connectivity index (χ3v) is 5.91. The Morgan fingerprint density at radius 1 is 1.27 bits per heavy atom. The van der Waals surface area contributed by atoms with Gasteiger partial charge in [0, 0.05) is 43.6 Å². The summed E-state index contributed by atoms with van der Waals surface area (Å²) in [6.07, 6.45) is 11.9. The molecule has 1 unspecified atom stereocenters. The number of aromatic nitrogens is 2. The largest absolute Gasteiger partial charge is 0.496 e. The number of methoxy groups -OCH3 is 1. The molecule has 0 saturated carbocycles. The SMILES string of the molecule is COc1ccccc1/C=C/CN1[C@@H]2CC[C@H]1CC(O)(c1nccn1C)C2. The third-order valence-electron chi connectivity index (χ3n) is 5.91. The van der Waals surface area contributed by atoms with Crippen LogP contribution in [0.5, 0.6) is 5.75 Å². The molecule has 138 valence electrons. The molecule has 4 rings (SSSR count). The van der Waals surface area contributed by atoms with E-state index in [0.29, 0.717) is 12.1 Å². The van der Waals surface area contributed by atoms with Crippen molar-refractivity contribution in [2.45, 2.75) is 43.4 Å². The molecule has 0 amide bonds. The molecule has 5 heteroatoms. The topological polar surface area (TPSA) is 50.5 Å². The van der Waals surface area contributed by atoms with Crippen molar-refractivity contribution in [1.82, 2.24) is 14.5 Å². The fourth-order valence-electron chi connectivity index (χ4n) is 4.72. The van der Waals surface area contributed by atoms with Gasteiger partial charge in [0.2, 0.25) is 0 Å². The van der Waals surface area contributed by atoms with E-state index < -0.39 is 5.60 Å². The van der Waals surface area contributed by atoms with E-state index in [1.54, 1.807) is 13.3 Å². The molecule has 0 radical (unpaired) electrons. The van der Waals surface area contributed by atoms with Crippen LogP contribution >= 0.6 is 0 Å². The Morgan fingerprint density at radius 2 is 2.00 bits per heavy atom. The predicted octanol–water partition coefficient (Wildman–Crippen LogP) is 2.96. The maximum atomic E-state index is 11.2. The van der Waals surface area contributed by atoms with E-state index >= 15 is 0 Å². The number of fused-ring (bicyclic) bond motifs is 2. The van der Waals surface area contributed by atoms with Gasteiger partial charge in [0.15, 0.2) is 0 Å². The van der Waals surface area contributed by atoms with Gasteiger partial charge in [0.1, 0.15) is 17.2 Å². The van der Waals surface area contributed by atoms with Crippen molar-refractivity contribution in [3.63, 3.8) is 0 Å². The lowest BCUT2D eigenvalue weighted by Gasteiger charge is -2.43. The smallest absolute Gasteiger partial charge is 0.140 e. The van der Waals surface area contributed by atoms with Crippen LogP contribution in [-0.4, -0.2) is 45.3 Å². The van der Waals surface area contributed by atoms with Gasteiger partial charge in [-0.1, -0.05) is 30.4 Å². The number of aryl methyl sites for hydroxylation is 1. The van der Waals surface area contributed by atoms with Crippen LogP contribution in [0.4, 0.5) is 0 Å². The standard InChI is InChI=1S/C21H27N3O2/c1-23-13-11-22-20(23)21(25)14-17-9-10-18(15-21)24(17)12-5-7-16-6-3-4-8-19(16)26-2/h3-8,11,13,17-18,25H,9-10,12,14-15H2,1-2H3/b7-5+/t17-,18+,21?. The number of imidazole rings is 1. The summed E-state index contributed by atoms with van der Waals surface area (Å²) in [7, 11) is 3.67. The van der Waals surface area contributed by atoms with Crippen LogP contribution < -0.4 is 4.74 Å². The number of hydrogen-bond acceptors (Lipinski definition) is 4. The van der Waals surface area contributed by atoms with Gasteiger partial charge in [-0.05, 0) is 31.7 Å². The highest BCUT2D eigenvalue weighted by Gasteiger charge is 2.49. The van der Waals surface area contributed by atoms with E-state index in [-0.39, 0.29) is 0 Å². The van der Waals surface area contributed by atoms with Crippen LogP contribution in [0.1, 0.15) is 37.1 Å². The van der Waals surface area contributed by atoms with Crippen LogP contribution in [-0.2, 0) is 12.6 Å². The van der Waals surface area contributed by atoms with Crippen molar-refractivity contribution < 1.29 is 9.84 Å². The maximum absolute atomic E-state index is 11.2. The molecular weight excluding hydrogens is 326 g/mol. The van der Waals surface area contributed by atoms with Gasteiger partial charge in [0.05, 0.1) is 7.11 Å². The Bertz CT molecular complexity index is 784. The van der Waals surface area contributed by atoms with Crippen LogP contribution in [0.2, 0.25) is 0 Å². The predicted molar refractivity (Wildman–Crippen MR) is 102 cm³/mol. The summed E-state index contributed by atoms with van der Waals surface area (Å²) in [5.41, 5.74) is 0.302. The van der Waals surface area contributed by atoms with Crippen LogP contribution in [0.25, 0.3) is 6.08 Å². The van der Waals surface area contributed by atoms with Gasteiger partial charge >= 0.3 is 0 Å². The van der Waals surface area contributed by atoms with E-state index in [2.05, 4.69) is 28.1 Å². The van der Waals surface area contributed by atoms with E-state index in [0.717, 1.165) is 49.4 Å². The molecule has 5 nitrogen and oxygen atoms in total. The molecule has 2 bridgehead atoms. The first-order chi connectivity index (χ1) is 12.6. The zero-order chi connectivity index (χ0) is 18.1. The van der Waals surface area contributed by atoms with Gasteiger partial charge in [-0.15, -0.1) is 0 Å². The Kier molecular flexibility index (Phi) is 4.59. The fourth-order valence-corrected chi connectivity index (χ4v) is 4.72. The minimum atomic E-state index is -0.799. The number of para-hydroxylation sites is 1. The van der Waals surface area contributed by atoms with Crippen molar-refractivity contribution in [2.75, 3.05) is 13.7 Å². The summed E-state index contributed by atoms with van der Waals surface area (Å²) in [4.78, 5) is 6.97. The summed E-state index contributed by atoms with van der Waals surface area (Å²) in [6, 6.07) is 8.90. The highest BCUT2D eigenvalue weighted by molar-refractivity contribution is 5.57. The second-order valence-electron chi connectivity index (χ2n) is 7.53. The Morgan fingerprint density at radius 3 is 2.65 bits per heavy atom. The summed E-state index contributed by atoms with van der Waals surface area (Å²) >= 11 is 0. The van der Waals surface area contributed by atoms with Gasteiger partial charge in [0.25, 0.3) is 0 Å².